The molecule has 0 radical (unpaired) electrons. The highest BCUT2D eigenvalue weighted by molar-refractivity contribution is 6.45. The fourth-order valence-electron chi connectivity index (χ4n) is 0.543. The number of rotatable bonds is 0. The number of hydrogen-bond acceptors (Lipinski definition) is 1. The Hall–Kier alpha value is 0.180. The zero-order chi connectivity index (χ0) is 7.72. The molecule has 5 heteroatoms. The maximum Gasteiger partial charge on any atom is 0.0836 e. The number of hydrogen-bond donors (Lipinski definition) is 1. The SMILES string of the molecule is Cl.Nc1c(Cl)ccc(Cl)c1Cl. The highest BCUT2D eigenvalue weighted by atomic mass is 35.5. The second-order valence-corrected chi connectivity index (χ2v) is 2.95. The van der Waals surface area contributed by atoms with Gasteiger partial charge in [0.2, 0.25) is 0 Å². The van der Waals surface area contributed by atoms with E-state index in [1.54, 1.807) is 12.1 Å². The van der Waals surface area contributed by atoms with Crippen molar-refractivity contribution in [2.45, 2.75) is 0 Å². The topological polar surface area (TPSA) is 26.0 Å². The van der Waals surface area contributed by atoms with Crippen LogP contribution in [0.1, 0.15) is 0 Å². The Kier molecular flexibility index (Phi) is 4.34. The molecule has 1 nitrogen and oxygen atoms in total. The largest absolute Gasteiger partial charge is 0.396 e. The fraction of sp³-hybridized carbons (Fsp3) is 0. The van der Waals surface area contributed by atoms with Crippen LogP contribution in [0.3, 0.4) is 0 Å². The van der Waals surface area contributed by atoms with Crippen LogP contribution in [0, 0.1) is 0 Å². The molecular formula is C6H5Cl4N. The smallest absolute Gasteiger partial charge is 0.0836 e. The lowest BCUT2D eigenvalue weighted by atomic mass is 10.3. The second kappa shape index (κ2) is 4.27. The Balaban J connectivity index is 0.000001000. The summed E-state index contributed by atoms with van der Waals surface area (Å²) in [7, 11) is 0. The van der Waals surface area contributed by atoms with Crippen LogP contribution >= 0.6 is 47.2 Å². The molecule has 0 saturated heterocycles. The van der Waals surface area contributed by atoms with Crippen molar-refractivity contribution in [3.63, 3.8) is 0 Å². The molecule has 0 fully saturated rings. The summed E-state index contributed by atoms with van der Waals surface area (Å²) in [4.78, 5) is 0. The van der Waals surface area contributed by atoms with Crippen LogP contribution in [-0.4, -0.2) is 0 Å². The van der Waals surface area contributed by atoms with Gasteiger partial charge < -0.3 is 5.73 Å². The van der Waals surface area contributed by atoms with E-state index in [1.165, 1.54) is 0 Å². The van der Waals surface area contributed by atoms with Gasteiger partial charge in [-0.2, -0.15) is 0 Å². The van der Waals surface area contributed by atoms with Crippen molar-refractivity contribution in [3.8, 4) is 0 Å². The maximum atomic E-state index is 5.64. The molecule has 1 aromatic carbocycles. The molecule has 11 heavy (non-hydrogen) atoms. The van der Waals surface area contributed by atoms with Crippen molar-refractivity contribution in [1.82, 2.24) is 0 Å². The van der Waals surface area contributed by atoms with Crippen LogP contribution < -0.4 is 5.73 Å². The zero-order valence-corrected chi connectivity index (χ0v) is 8.36. The predicted octanol–water partition coefficient (Wildman–Crippen LogP) is 3.65. The van der Waals surface area contributed by atoms with E-state index < -0.39 is 0 Å². The molecule has 0 aliphatic rings. The molecule has 0 saturated carbocycles. The minimum absolute atomic E-state index is 0. The van der Waals surface area contributed by atoms with Gasteiger partial charge in [-0.25, -0.2) is 0 Å². The van der Waals surface area contributed by atoms with Gasteiger partial charge in [0.1, 0.15) is 0 Å². The molecule has 0 aromatic heterocycles. The van der Waals surface area contributed by atoms with Crippen LogP contribution in [-0.2, 0) is 0 Å². The van der Waals surface area contributed by atoms with Crippen molar-refractivity contribution >= 4 is 52.9 Å². The quantitative estimate of drug-likeness (QED) is 0.537. The van der Waals surface area contributed by atoms with Gasteiger partial charge in [-0.1, -0.05) is 34.8 Å². The van der Waals surface area contributed by atoms with Gasteiger partial charge in [0.25, 0.3) is 0 Å². The number of nitrogen functional groups attached to an aromatic ring is 1. The van der Waals surface area contributed by atoms with Gasteiger partial charge in [0.05, 0.1) is 20.8 Å². The number of halogens is 4. The highest BCUT2D eigenvalue weighted by Gasteiger charge is 2.04. The third kappa shape index (κ3) is 2.31. The monoisotopic (exact) mass is 231 g/mol. The Bertz CT molecular complexity index is 234. The molecular weight excluding hydrogens is 228 g/mol. The summed E-state index contributed by atoms with van der Waals surface area (Å²) in [6.07, 6.45) is 0. The number of anilines is 1. The molecule has 1 rings (SSSR count). The molecule has 0 amide bonds. The summed E-state index contributed by atoms with van der Waals surface area (Å²) >= 11 is 16.9. The Labute approximate surface area is 85.8 Å². The van der Waals surface area contributed by atoms with Crippen molar-refractivity contribution in [1.29, 1.82) is 0 Å². The first kappa shape index (κ1) is 11.2. The van der Waals surface area contributed by atoms with E-state index in [2.05, 4.69) is 0 Å². The van der Waals surface area contributed by atoms with Crippen LogP contribution in [0.25, 0.3) is 0 Å². The number of benzene rings is 1. The highest BCUT2D eigenvalue weighted by Crippen LogP contribution is 2.32. The van der Waals surface area contributed by atoms with Gasteiger partial charge in [0, 0.05) is 0 Å². The summed E-state index contributed by atoms with van der Waals surface area (Å²) < 4.78 is 0. The summed E-state index contributed by atoms with van der Waals surface area (Å²) in [5.41, 5.74) is 5.76. The lowest BCUT2D eigenvalue weighted by Crippen LogP contribution is -1.87. The van der Waals surface area contributed by atoms with E-state index in [4.69, 9.17) is 40.5 Å². The van der Waals surface area contributed by atoms with E-state index in [0.29, 0.717) is 20.8 Å². The lowest BCUT2D eigenvalue weighted by molar-refractivity contribution is 1.68. The predicted molar refractivity (Wildman–Crippen MR) is 53.1 cm³/mol. The summed E-state index contributed by atoms with van der Waals surface area (Å²) in [6, 6.07) is 3.20. The van der Waals surface area contributed by atoms with E-state index in [0.717, 1.165) is 0 Å². The van der Waals surface area contributed by atoms with E-state index in [9.17, 15) is 0 Å². The van der Waals surface area contributed by atoms with Gasteiger partial charge in [-0.15, -0.1) is 12.4 Å². The summed E-state index contributed by atoms with van der Waals surface area (Å²) in [5, 5.41) is 1.16. The van der Waals surface area contributed by atoms with Crippen LogP contribution in [0.5, 0.6) is 0 Å². The average molecular weight is 233 g/mol. The van der Waals surface area contributed by atoms with Crippen LogP contribution in [0.15, 0.2) is 12.1 Å². The van der Waals surface area contributed by atoms with E-state index in [1.807, 2.05) is 0 Å². The molecule has 0 spiro atoms. The van der Waals surface area contributed by atoms with Crippen molar-refractivity contribution in [2.24, 2.45) is 0 Å². The molecule has 2 N–H and O–H groups in total. The third-order valence-corrected chi connectivity index (χ3v) is 2.23. The van der Waals surface area contributed by atoms with E-state index >= 15 is 0 Å². The first-order valence-electron chi connectivity index (χ1n) is 2.52. The molecule has 1 aromatic rings. The molecule has 0 aliphatic heterocycles. The Morgan fingerprint density at radius 2 is 1.45 bits per heavy atom. The first-order chi connectivity index (χ1) is 4.63. The third-order valence-electron chi connectivity index (χ3n) is 1.08. The van der Waals surface area contributed by atoms with Crippen molar-refractivity contribution < 1.29 is 0 Å². The zero-order valence-electron chi connectivity index (χ0n) is 5.27. The van der Waals surface area contributed by atoms with E-state index in [-0.39, 0.29) is 12.4 Å². The van der Waals surface area contributed by atoms with Crippen LogP contribution in [0.4, 0.5) is 5.69 Å². The van der Waals surface area contributed by atoms with Gasteiger partial charge in [-0.3, -0.25) is 0 Å². The fourth-order valence-corrected chi connectivity index (χ4v) is 1.08. The minimum atomic E-state index is 0. The molecule has 0 bridgehead atoms. The summed E-state index contributed by atoms with van der Waals surface area (Å²) in [6.45, 7) is 0. The normalized spacial score (nSPS) is 9.00. The summed E-state index contributed by atoms with van der Waals surface area (Å²) in [5.74, 6) is 0. The maximum absolute atomic E-state index is 5.64. The number of nitrogens with two attached hydrogens (primary N) is 1. The lowest BCUT2D eigenvalue weighted by Gasteiger charge is -2.00. The average Bonchev–Trinajstić information content (AvgIpc) is 1.93. The first-order valence-corrected chi connectivity index (χ1v) is 3.65. The van der Waals surface area contributed by atoms with Crippen LogP contribution in [0.2, 0.25) is 15.1 Å². The van der Waals surface area contributed by atoms with Crippen molar-refractivity contribution in [2.75, 3.05) is 5.73 Å². The molecule has 0 aliphatic carbocycles. The van der Waals surface area contributed by atoms with Gasteiger partial charge >= 0.3 is 0 Å². The molecule has 0 atom stereocenters. The molecule has 0 unspecified atom stereocenters. The standard InChI is InChI=1S/C6H4Cl3N.ClH/c7-3-1-2-4(8)6(10)5(3)9;/h1-2H,10H2;1H. The van der Waals surface area contributed by atoms with Crippen molar-refractivity contribution in [3.05, 3.63) is 27.2 Å². The molecule has 0 heterocycles. The second-order valence-electron chi connectivity index (χ2n) is 1.76. The van der Waals surface area contributed by atoms with Gasteiger partial charge in [-0.05, 0) is 12.1 Å². The van der Waals surface area contributed by atoms with Gasteiger partial charge in [0.15, 0.2) is 0 Å². The minimum Gasteiger partial charge on any atom is -0.396 e. The molecule has 62 valence electrons. The Morgan fingerprint density at radius 3 is 1.91 bits per heavy atom. The Morgan fingerprint density at radius 1 is 1.00 bits per heavy atom.